The van der Waals surface area contributed by atoms with Crippen LogP contribution in [0.3, 0.4) is 0 Å². The number of aliphatic hydroxyl groups excluding tert-OH is 1. The number of carbonyl (C=O) groups is 1. The molecule has 2 aromatic rings. The maximum atomic E-state index is 11.4. The lowest BCUT2D eigenvalue weighted by Gasteiger charge is -2.46. The summed E-state index contributed by atoms with van der Waals surface area (Å²) in [6.45, 7) is 5.12. The van der Waals surface area contributed by atoms with E-state index < -0.39 is 5.97 Å². The summed E-state index contributed by atoms with van der Waals surface area (Å²) in [7, 11) is 0. The minimum absolute atomic E-state index is 0. The van der Waals surface area contributed by atoms with Crippen molar-refractivity contribution >= 4 is 5.97 Å². The molecule has 1 unspecified atom stereocenters. The van der Waals surface area contributed by atoms with E-state index in [0.717, 1.165) is 69.4 Å². The number of hydrogen-bond donors (Lipinski definition) is 2. The molecule has 2 atom stereocenters. The van der Waals surface area contributed by atoms with Crippen molar-refractivity contribution in [2.24, 2.45) is 0 Å². The number of rotatable bonds is 6. The van der Waals surface area contributed by atoms with Crippen LogP contribution in [0.15, 0.2) is 61.1 Å². The third-order valence-corrected chi connectivity index (χ3v) is 9.78. The summed E-state index contributed by atoms with van der Waals surface area (Å²) < 4.78 is 22.2. The fourth-order valence-electron chi connectivity index (χ4n) is 8.07. The monoisotopic (exact) mass is 554 g/mol. The Hall–Kier alpha value is -2.77. The van der Waals surface area contributed by atoms with Gasteiger partial charge in [0.15, 0.2) is 0 Å². The van der Waals surface area contributed by atoms with E-state index in [9.17, 15) is 15.0 Å². The van der Waals surface area contributed by atoms with Crippen molar-refractivity contribution in [3.63, 3.8) is 0 Å². The molecule has 2 aliphatic heterocycles. The maximum absolute atomic E-state index is 11.4. The van der Waals surface area contributed by atoms with Crippen molar-refractivity contribution in [2.45, 2.75) is 112 Å². The molecule has 220 valence electrons. The van der Waals surface area contributed by atoms with Crippen molar-refractivity contribution < 1.29 is 28.9 Å². The molecule has 2 aromatic heterocycles. The standard InChI is InChI=1S/C17H23NO2.C16H21NO3.H2.H/c1-14(19)12-16(15-6-2-5-10-18-15)9-11-20-17(13-16)7-3-4-8-17;18-14(19)11-15(13-5-1-4-9-17-13)8-10-20-16(12-15)6-2-3-7-16;;/h2,5-6,10,19H,1,3-4,7-9,11-13H2;1,4-5,9H,2-3,6-8,10-12H2,(H,18,19);1H;/q;;;-1/t16-;;;/m0.../s1/i;;1+1D;1+1. The molecule has 2 saturated heterocycles. The number of aliphatic carboxylic acids is 1. The molecule has 2 aliphatic carbocycles. The highest BCUT2D eigenvalue weighted by Crippen LogP contribution is 2.51. The highest BCUT2D eigenvalue weighted by atomic mass is 16.5. The van der Waals surface area contributed by atoms with Gasteiger partial charge in [-0.05, 0) is 75.6 Å². The molecule has 7 heteroatoms. The summed E-state index contributed by atoms with van der Waals surface area (Å²) in [5, 5.41) is 19.2. The van der Waals surface area contributed by atoms with Gasteiger partial charge in [0.25, 0.3) is 0 Å². The van der Waals surface area contributed by atoms with Crippen molar-refractivity contribution in [1.82, 2.24) is 9.97 Å². The predicted molar refractivity (Wildman–Crippen MR) is 156 cm³/mol. The van der Waals surface area contributed by atoms with Gasteiger partial charge in [0.05, 0.1) is 23.4 Å². The third kappa shape index (κ3) is 6.26. The minimum Gasteiger partial charge on any atom is -1.00 e. The molecule has 2 spiro atoms. The first kappa shape index (κ1) is 27.4. The summed E-state index contributed by atoms with van der Waals surface area (Å²) in [6.07, 6.45) is 17.0. The molecule has 0 aromatic carbocycles. The second kappa shape index (κ2) is 12.0. The largest absolute Gasteiger partial charge is 1.00 e. The Morgan fingerprint density at radius 2 is 1.25 bits per heavy atom. The second-order valence-corrected chi connectivity index (χ2v) is 12.6. The van der Waals surface area contributed by atoms with E-state index in [2.05, 4.69) is 22.6 Å². The van der Waals surface area contributed by atoms with Gasteiger partial charge in [0.1, 0.15) is 0 Å². The first-order valence-electron chi connectivity index (χ1n) is 16.0. The molecule has 2 N–H and O–H groups in total. The lowest BCUT2D eigenvalue weighted by Crippen LogP contribution is -2.47. The number of carboxylic acid groups (broad SMARTS) is 1. The van der Waals surface area contributed by atoms with Crippen LogP contribution < -0.4 is 0 Å². The summed E-state index contributed by atoms with van der Waals surface area (Å²) in [6, 6.07) is 11.8. The molecule has 7 nitrogen and oxygen atoms in total. The number of aliphatic hydroxyl groups is 1. The van der Waals surface area contributed by atoms with Crippen molar-refractivity contribution in [3.8, 4) is 0 Å². The van der Waals surface area contributed by atoms with Gasteiger partial charge in [-0.15, -0.1) is 0 Å². The molecular formula is C33H47N2O5-. The van der Waals surface area contributed by atoms with Gasteiger partial charge in [-0.3, -0.25) is 14.8 Å². The minimum atomic E-state index is -0.745. The van der Waals surface area contributed by atoms with E-state index in [1.54, 1.807) is 6.20 Å². The molecule has 0 amide bonds. The number of aromatic nitrogens is 2. The number of ether oxygens (including phenoxy) is 2. The fraction of sp³-hybridized carbons (Fsp3) is 0.606. The van der Waals surface area contributed by atoms with E-state index >= 15 is 0 Å². The zero-order valence-corrected chi connectivity index (χ0v) is 23.7. The Kier molecular flexibility index (Phi) is 8.22. The van der Waals surface area contributed by atoms with Gasteiger partial charge < -0.3 is 21.1 Å². The van der Waals surface area contributed by atoms with Crippen LogP contribution in [0, 0.1) is 0 Å². The van der Waals surface area contributed by atoms with Crippen LogP contribution in [0.2, 0.25) is 0 Å². The number of nitrogens with zero attached hydrogens (tertiary/aromatic N) is 2. The molecule has 0 bridgehead atoms. The number of allylic oxidation sites excluding steroid dienone is 1. The SMILES string of the molecule is C=C(O)C[C@@]1(c2ccccn2)CCOC2(CCCC2)C1.O=C(O)CC1(c2ccccn2)CCOC2(CCCC2)C1.[2H-].[2H][2H]. The van der Waals surface area contributed by atoms with Gasteiger partial charge in [0.2, 0.25) is 0 Å². The molecule has 0 radical (unpaired) electrons. The Bertz CT molecular complexity index is 1070. The molecule has 4 aliphatic rings. The quantitative estimate of drug-likeness (QED) is 0.365. The van der Waals surface area contributed by atoms with Gasteiger partial charge in [-0.25, -0.2) is 0 Å². The van der Waals surface area contributed by atoms with E-state index in [-0.39, 0.29) is 35.6 Å². The Morgan fingerprint density at radius 1 is 0.800 bits per heavy atom. The zero-order valence-electron chi connectivity index (χ0n) is 26.7. The molecule has 2 saturated carbocycles. The van der Waals surface area contributed by atoms with Crippen LogP contribution in [-0.4, -0.2) is 50.6 Å². The van der Waals surface area contributed by atoms with Crippen molar-refractivity contribution in [1.29, 1.82) is 0 Å². The van der Waals surface area contributed by atoms with Crippen LogP contribution in [0.5, 0.6) is 0 Å². The molecule has 6 rings (SSSR count). The Morgan fingerprint density at radius 3 is 1.62 bits per heavy atom. The number of pyridine rings is 2. The molecule has 4 heterocycles. The van der Waals surface area contributed by atoms with Crippen LogP contribution >= 0.6 is 0 Å². The van der Waals surface area contributed by atoms with E-state index in [0.29, 0.717) is 13.0 Å². The van der Waals surface area contributed by atoms with E-state index in [4.69, 9.17) is 12.4 Å². The molecular weight excluding hydrogens is 504 g/mol. The smallest absolute Gasteiger partial charge is 0.304 e. The van der Waals surface area contributed by atoms with Crippen LogP contribution in [0.4, 0.5) is 0 Å². The summed E-state index contributed by atoms with van der Waals surface area (Å²) in [4.78, 5) is 20.4. The summed E-state index contributed by atoms with van der Waals surface area (Å²) >= 11 is 0. The molecule has 4 fully saturated rings. The summed E-state index contributed by atoms with van der Waals surface area (Å²) in [5.41, 5.74) is 1.41. The fourth-order valence-corrected chi connectivity index (χ4v) is 8.07. The highest BCUT2D eigenvalue weighted by molar-refractivity contribution is 5.69. The lowest BCUT2D eigenvalue weighted by atomic mass is 9.67. The lowest BCUT2D eigenvalue weighted by molar-refractivity contribution is -0.144. The topological polar surface area (TPSA) is 102 Å². The first-order chi connectivity index (χ1) is 20.3. The van der Waals surface area contributed by atoms with Crippen LogP contribution in [0.1, 0.15) is 106 Å². The number of carboxylic acids is 1. The van der Waals surface area contributed by atoms with Crippen LogP contribution in [-0.2, 0) is 25.1 Å². The van der Waals surface area contributed by atoms with E-state index in [1.165, 1.54) is 25.7 Å². The van der Waals surface area contributed by atoms with Crippen LogP contribution in [0.25, 0.3) is 0 Å². The highest BCUT2D eigenvalue weighted by Gasteiger charge is 2.50. The van der Waals surface area contributed by atoms with E-state index in [1.807, 2.05) is 36.5 Å². The predicted octanol–water partition coefficient (Wildman–Crippen LogP) is 7.18. The Labute approximate surface area is 242 Å². The third-order valence-electron chi connectivity index (χ3n) is 9.78. The van der Waals surface area contributed by atoms with Gasteiger partial charge in [0, 0.05) is 57.2 Å². The zero-order chi connectivity index (χ0) is 30.1. The van der Waals surface area contributed by atoms with Gasteiger partial charge in [-0.1, -0.05) is 44.4 Å². The second-order valence-electron chi connectivity index (χ2n) is 12.6. The number of hydrogen-bond acceptors (Lipinski definition) is 6. The average molecular weight is 555 g/mol. The maximum Gasteiger partial charge on any atom is 0.304 e. The normalized spacial score (nSPS) is 28.8. The van der Waals surface area contributed by atoms with Crippen molar-refractivity contribution in [3.05, 3.63) is 72.5 Å². The first-order valence-corrected chi connectivity index (χ1v) is 15.0. The Balaban J connectivity index is 0.000000218. The van der Waals surface area contributed by atoms with Crippen molar-refractivity contribution in [2.75, 3.05) is 13.2 Å². The van der Waals surface area contributed by atoms with Gasteiger partial charge in [-0.2, -0.15) is 0 Å². The molecule has 40 heavy (non-hydrogen) atoms. The van der Waals surface area contributed by atoms with Gasteiger partial charge >= 0.3 is 5.97 Å². The average Bonchev–Trinajstić information content (AvgIpc) is 3.64. The summed E-state index contributed by atoms with van der Waals surface area (Å²) in [5.74, 6) is -0.489.